The van der Waals surface area contributed by atoms with Gasteiger partial charge in [-0.2, -0.15) is 9.61 Å². The van der Waals surface area contributed by atoms with E-state index in [-0.39, 0.29) is 5.92 Å². The SMILES string of the molecule is COc1cc(N)c(Cl)cc1-c1nn2c(C(C)C)nnc2s1. The summed E-state index contributed by atoms with van der Waals surface area (Å²) in [6.45, 7) is 4.10. The van der Waals surface area contributed by atoms with Crippen LogP contribution in [0.5, 0.6) is 5.75 Å². The number of nitrogens with two attached hydrogens (primary N) is 1. The first kappa shape index (κ1) is 14.1. The topological polar surface area (TPSA) is 78.3 Å². The Morgan fingerprint density at radius 1 is 1.33 bits per heavy atom. The van der Waals surface area contributed by atoms with Crippen molar-refractivity contribution in [1.82, 2.24) is 19.8 Å². The number of aromatic nitrogens is 4. The molecular formula is C13H14ClN5OS. The molecule has 2 heterocycles. The lowest BCUT2D eigenvalue weighted by atomic mass is 10.2. The molecule has 0 radical (unpaired) electrons. The predicted octanol–water partition coefficient (Wildman–Crippen LogP) is 3.22. The summed E-state index contributed by atoms with van der Waals surface area (Å²) in [6, 6.07) is 3.46. The number of fused-ring (bicyclic) bond motifs is 1. The summed E-state index contributed by atoms with van der Waals surface area (Å²) in [6.07, 6.45) is 0. The lowest BCUT2D eigenvalue weighted by Crippen LogP contribution is -1.98. The summed E-state index contributed by atoms with van der Waals surface area (Å²) in [5.74, 6) is 1.70. The molecule has 21 heavy (non-hydrogen) atoms. The minimum Gasteiger partial charge on any atom is -0.496 e. The second-order valence-corrected chi connectivity index (χ2v) is 6.25. The summed E-state index contributed by atoms with van der Waals surface area (Å²) in [5, 5.41) is 14.1. The fourth-order valence-corrected chi connectivity index (χ4v) is 3.04. The van der Waals surface area contributed by atoms with E-state index in [0.29, 0.717) is 16.5 Å². The molecule has 0 saturated heterocycles. The van der Waals surface area contributed by atoms with Crippen molar-refractivity contribution in [3.05, 3.63) is 23.0 Å². The van der Waals surface area contributed by atoms with E-state index in [4.69, 9.17) is 22.1 Å². The van der Waals surface area contributed by atoms with Crippen LogP contribution < -0.4 is 10.5 Å². The van der Waals surface area contributed by atoms with E-state index >= 15 is 0 Å². The van der Waals surface area contributed by atoms with Crippen molar-refractivity contribution >= 4 is 33.6 Å². The average Bonchev–Trinajstić information content (AvgIpc) is 3.00. The summed E-state index contributed by atoms with van der Waals surface area (Å²) < 4.78 is 7.13. The van der Waals surface area contributed by atoms with E-state index in [2.05, 4.69) is 29.1 Å². The van der Waals surface area contributed by atoms with Gasteiger partial charge in [0.2, 0.25) is 4.96 Å². The summed E-state index contributed by atoms with van der Waals surface area (Å²) in [4.78, 5) is 0.740. The highest BCUT2D eigenvalue weighted by Crippen LogP contribution is 2.38. The Kier molecular flexibility index (Phi) is 3.46. The fraction of sp³-hybridized carbons (Fsp3) is 0.308. The highest BCUT2D eigenvalue weighted by molar-refractivity contribution is 7.19. The number of anilines is 1. The van der Waals surface area contributed by atoms with Crippen LogP contribution in [-0.2, 0) is 0 Å². The van der Waals surface area contributed by atoms with E-state index in [0.717, 1.165) is 21.4 Å². The molecule has 0 aliphatic heterocycles. The van der Waals surface area contributed by atoms with Crippen molar-refractivity contribution in [3.63, 3.8) is 0 Å². The summed E-state index contributed by atoms with van der Waals surface area (Å²) in [7, 11) is 1.59. The highest BCUT2D eigenvalue weighted by Gasteiger charge is 2.18. The molecule has 0 saturated carbocycles. The number of hydrogen-bond donors (Lipinski definition) is 1. The van der Waals surface area contributed by atoms with E-state index < -0.39 is 0 Å². The molecular weight excluding hydrogens is 310 g/mol. The van der Waals surface area contributed by atoms with Gasteiger partial charge in [0, 0.05) is 12.0 Å². The number of nitrogens with zero attached hydrogens (tertiary/aromatic N) is 4. The van der Waals surface area contributed by atoms with Crippen LogP contribution in [0.2, 0.25) is 5.02 Å². The number of ether oxygens (including phenoxy) is 1. The van der Waals surface area contributed by atoms with Crippen LogP contribution in [0.3, 0.4) is 0 Å². The van der Waals surface area contributed by atoms with Gasteiger partial charge in [-0.1, -0.05) is 36.8 Å². The number of methoxy groups -OCH3 is 1. The first-order chi connectivity index (χ1) is 10.0. The zero-order chi connectivity index (χ0) is 15.1. The smallest absolute Gasteiger partial charge is 0.234 e. The standard InChI is InChI=1S/C13H14ClN5OS/c1-6(2)11-16-17-13-19(11)18-12(21-13)7-4-8(14)9(15)5-10(7)20-3/h4-6H,15H2,1-3H3. The zero-order valence-corrected chi connectivity index (χ0v) is 13.4. The quantitative estimate of drug-likeness (QED) is 0.749. The molecule has 8 heteroatoms. The molecule has 1 aromatic carbocycles. The molecule has 0 aliphatic rings. The van der Waals surface area contributed by atoms with Crippen molar-refractivity contribution < 1.29 is 4.74 Å². The average molecular weight is 324 g/mol. The number of nitrogen functional groups attached to an aromatic ring is 1. The maximum atomic E-state index is 6.11. The molecule has 3 aromatic rings. The summed E-state index contributed by atoms with van der Waals surface area (Å²) in [5.41, 5.74) is 7.07. The lowest BCUT2D eigenvalue weighted by Gasteiger charge is -2.08. The zero-order valence-electron chi connectivity index (χ0n) is 11.8. The maximum absolute atomic E-state index is 6.11. The molecule has 0 atom stereocenters. The molecule has 0 fully saturated rings. The number of halogens is 1. The summed E-state index contributed by atoms with van der Waals surface area (Å²) >= 11 is 7.54. The fourth-order valence-electron chi connectivity index (χ4n) is 2.01. The number of rotatable bonds is 3. The van der Waals surface area contributed by atoms with Gasteiger partial charge in [0.25, 0.3) is 0 Å². The molecule has 0 unspecified atom stereocenters. The van der Waals surface area contributed by atoms with Gasteiger partial charge in [-0.15, -0.1) is 10.2 Å². The van der Waals surface area contributed by atoms with Gasteiger partial charge >= 0.3 is 0 Å². The molecule has 110 valence electrons. The Hall–Kier alpha value is -1.86. The maximum Gasteiger partial charge on any atom is 0.234 e. The van der Waals surface area contributed by atoms with Crippen LogP contribution >= 0.6 is 22.9 Å². The first-order valence-electron chi connectivity index (χ1n) is 6.36. The highest BCUT2D eigenvalue weighted by atomic mass is 35.5. The normalized spacial score (nSPS) is 11.5. The van der Waals surface area contributed by atoms with Gasteiger partial charge in [0.05, 0.1) is 23.4 Å². The van der Waals surface area contributed by atoms with Gasteiger partial charge in [-0.05, 0) is 6.07 Å². The Balaban J connectivity index is 2.18. The minimum atomic E-state index is 0.242. The van der Waals surface area contributed by atoms with Crippen LogP contribution in [0.15, 0.2) is 12.1 Å². The molecule has 2 N–H and O–H groups in total. The van der Waals surface area contributed by atoms with Crippen LogP contribution in [-0.4, -0.2) is 26.9 Å². The number of benzene rings is 1. The monoisotopic (exact) mass is 323 g/mol. The van der Waals surface area contributed by atoms with Crippen molar-refractivity contribution in [3.8, 4) is 16.3 Å². The Morgan fingerprint density at radius 3 is 2.76 bits per heavy atom. The van der Waals surface area contributed by atoms with Crippen LogP contribution in [0.4, 0.5) is 5.69 Å². The Bertz CT molecular complexity index is 810. The van der Waals surface area contributed by atoms with Crippen molar-refractivity contribution in [2.75, 3.05) is 12.8 Å². The second kappa shape index (κ2) is 5.16. The molecule has 0 spiro atoms. The van der Waals surface area contributed by atoms with Gasteiger partial charge in [-0.3, -0.25) is 0 Å². The third-order valence-electron chi connectivity index (χ3n) is 3.08. The van der Waals surface area contributed by atoms with Crippen molar-refractivity contribution in [2.24, 2.45) is 0 Å². The Labute approximate surface area is 130 Å². The van der Waals surface area contributed by atoms with Gasteiger partial charge in [-0.25, -0.2) is 0 Å². The molecule has 0 amide bonds. The van der Waals surface area contributed by atoms with Crippen LogP contribution in [0, 0.1) is 0 Å². The van der Waals surface area contributed by atoms with Crippen LogP contribution in [0.25, 0.3) is 15.5 Å². The van der Waals surface area contributed by atoms with Gasteiger partial charge < -0.3 is 10.5 Å². The predicted molar refractivity (Wildman–Crippen MR) is 84.2 cm³/mol. The molecule has 3 rings (SSSR count). The van der Waals surface area contributed by atoms with Gasteiger partial charge in [0.15, 0.2) is 10.8 Å². The van der Waals surface area contributed by atoms with E-state index in [9.17, 15) is 0 Å². The molecule has 2 aromatic heterocycles. The third kappa shape index (κ3) is 2.32. The largest absolute Gasteiger partial charge is 0.496 e. The lowest BCUT2D eigenvalue weighted by molar-refractivity contribution is 0.416. The van der Waals surface area contributed by atoms with Gasteiger partial charge in [0.1, 0.15) is 5.75 Å². The van der Waals surface area contributed by atoms with Crippen molar-refractivity contribution in [1.29, 1.82) is 0 Å². The molecule has 0 aliphatic carbocycles. The minimum absolute atomic E-state index is 0.242. The molecule has 0 bridgehead atoms. The van der Waals surface area contributed by atoms with E-state index in [1.54, 1.807) is 23.8 Å². The van der Waals surface area contributed by atoms with Crippen molar-refractivity contribution in [2.45, 2.75) is 19.8 Å². The van der Waals surface area contributed by atoms with E-state index in [1.807, 2.05) is 0 Å². The third-order valence-corrected chi connectivity index (χ3v) is 4.34. The first-order valence-corrected chi connectivity index (χ1v) is 7.56. The number of hydrogen-bond acceptors (Lipinski definition) is 6. The second-order valence-electron chi connectivity index (χ2n) is 4.89. The Morgan fingerprint density at radius 2 is 2.10 bits per heavy atom. The molecule has 6 nitrogen and oxygen atoms in total. The van der Waals surface area contributed by atoms with E-state index in [1.165, 1.54) is 11.3 Å². The van der Waals surface area contributed by atoms with Crippen LogP contribution in [0.1, 0.15) is 25.6 Å².